The van der Waals surface area contributed by atoms with Crippen molar-refractivity contribution < 1.29 is 19.5 Å². The quantitative estimate of drug-likeness (QED) is 0.679. The number of halogens is 1. The molecular weight excluding hydrogens is 408 g/mol. The number of nitrogens with two attached hydrogens (primary N) is 1. The van der Waals surface area contributed by atoms with Gasteiger partial charge < -0.3 is 20.6 Å². The third-order valence-corrected chi connectivity index (χ3v) is 5.90. The summed E-state index contributed by atoms with van der Waals surface area (Å²) < 4.78 is 0. The topological polar surface area (TPSA) is 107 Å². The number of hydrogen-bond acceptors (Lipinski definition) is 5. The van der Waals surface area contributed by atoms with E-state index in [2.05, 4.69) is 0 Å². The van der Waals surface area contributed by atoms with E-state index in [0.29, 0.717) is 38.9 Å². The highest BCUT2D eigenvalue weighted by molar-refractivity contribution is 6.07. The summed E-state index contributed by atoms with van der Waals surface area (Å²) in [4.78, 5) is 42.9. The maximum atomic E-state index is 12.9. The summed E-state index contributed by atoms with van der Waals surface area (Å²) in [5.41, 5.74) is 6.15. The second-order valence-corrected chi connectivity index (χ2v) is 8.49. The van der Waals surface area contributed by atoms with Crippen LogP contribution in [0.15, 0.2) is 24.3 Å². The summed E-state index contributed by atoms with van der Waals surface area (Å²) in [7, 11) is 1.53. The Balaban J connectivity index is 0.00000320. The van der Waals surface area contributed by atoms with E-state index in [4.69, 9.17) is 5.73 Å². The molecule has 0 radical (unpaired) electrons. The number of carbonyl (C=O) groups is 3. The highest BCUT2D eigenvalue weighted by Crippen LogP contribution is 2.37. The zero-order valence-electron chi connectivity index (χ0n) is 17.7. The lowest BCUT2D eigenvalue weighted by Crippen LogP contribution is -2.59. The Morgan fingerprint density at radius 3 is 2.27 bits per heavy atom. The highest BCUT2D eigenvalue weighted by Gasteiger charge is 2.57. The Hall–Kier alpha value is -2.32. The van der Waals surface area contributed by atoms with Crippen LogP contribution in [0.3, 0.4) is 0 Å². The third kappa shape index (κ3) is 4.39. The largest absolute Gasteiger partial charge is 0.508 e. The number of carbonyl (C=O) groups excluding carboxylic acids is 3. The first kappa shape index (κ1) is 24.0. The molecule has 166 valence electrons. The molecule has 3 rings (SSSR count). The molecule has 1 atom stereocenters. The molecule has 1 aromatic rings. The molecule has 0 aliphatic carbocycles. The molecule has 4 amide bonds. The normalized spacial score (nSPS) is 19.4. The number of amides is 4. The van der Waals surface area contributed by atoms with E-state index < -0.39 is 11.6 Å². The first-order valence-electron chi connectivity index (χ1n) is 10.1. The van der Waals surface area contributed by atoms with Crippen LogP contribution in [-0.2, 0) is 16.0 Å². The molecule has 1 spiro atoms. The number of urea groups is 1. The predicted molar refractivity (Wildman–Crippen MR) is 115 cm³/mol. The van der Waals surface area contributed by atoms with E-state index in [1.165, 1.54) is 11.9 Å². The Labute approximate surface area is 183 Å². The standard InChI is InChI=1S/C21H30N4O4.ClH/c1-14(2)13-25-20(29)23(3)19(28)21(25)8-10-24(11-9-21)18(27)17(22)12-15-4-6-16(26)7-5-15;/h4-7,14,17,26H,8-13,22H2,1-3H3;1H/t17-;/m0./s1. The molecule has 2 aliphatic heterocycles. The molecule has 3 N–H and O–H groups in total. The number of imide groups is 1. The van der Waals surface area contributed by atoms with E-state index in [1.54, 1.807) is 34.1 Å². The van der Waals surface area contributed by atoms with Crippen molar-refractivity contribution in [2.45, 2.75) is 44.7 Å². The molecule has 1 aromatic carbocycles. The van der Waals surface area contributed by atoms with Crippen molar-refractivity contribution in [2.75, 3.05) is 26.7 Å². The minimum Gasteiger partial charge on any atom is -0.508 e. The first-order chi connectivity index (χ1) is 13.7. The number of phenolic OH excluding ortho intramolecular Hbond substituents is 1. The van der Waals surface area contributed by atoms with Gasteiger partial charge in [0.1, 0.15) is 11.3 Å². The Kier molecular flexibility index (Phi) is 7.36. The summed E-state index contributed by atoms with van der Waals surface area (Å²) in [6.45, 7) is 5.34. The SMILES string of the molecule is CC(C)CN1C(=O)N(C)C(=O)C12CCN(C(=O)[C@@H](N)Cc1ccc(O)cc1)CC2.Cl. The number of piperidine rings is 1. The van der Waals surface area contributed by atoms with Crippen molar-refractivity contribution in [3.63, 3.8) is 0 Å². The van der Waals surface area contributed by atoms with Crippen LogP contribution >= 0.6 is 12.4 Å². The van der Waals surface area contributed by atoms with E-state index in [-0.39, 0.29) is 41.9 Å². The minimum atomic E-state index is -0.853. The number of likely N-dealkylation sites (N-methyl/N-ethyl adjacent to an activating group) is 1. The van der Waals surface area contributed by atoms with Crippen LogP contribution in [0.5, 0.6) is 5.75 Å². The maximum Gasteiger partial charge on any atom is 0.327 e. The summed E-state index contributed by atoms with van der Waals surface area (Å²) in [6, 6.07) is 5.68. The molecular formula is C21H31ClN4O4. The van der Waals surface area contributed by atoms with Crippen LogP contribution in [0.25, 0.3) is 0 Å². The van der Waals surface area contributed by atoms with Gasteiger partial charge in [0, 0.05) is 26.7 Å². The molecule has 0 unspecified atom stereocenters. The Bertz CT molecular complexity index is 791. The average molecular weight is 439 g/mol. The fraction of sp³-hybridized carbons (Fsp3) is 0.571. The zero-order valence-corrected chi connectivity index (χ0v) is 18.5. The van der Waals surface area contributed by atoms with Crippen LogP contribution < -0.4 is 5.73 Å². The van der Waals surface area contributed by atoms with E-state index in [9.17, 15) is 19.5 Å². The van der Waals surface area contributed by atoms with Gasteiger partial charge in [0.05, 0.1) is 6.04 Å². The number of rotatable bonds is 5. The molecule has 0 bridgehead atoms. The summed E-state index contributed by atoms with van der Waals surface area (Å²) >= 11 is 0. The number of hydrogen-bond donors (Lipinski definition) is 2. The smallest absolute Gasteiger partial charge is 0.327 e. The molecule has 2 fully saturated rings. The molecule has 2 heterocycles. The van der Waals surface area contributed by atoms with Crippen molar-refractivity contribution in [3.8, 4) is 5.75 Å². The van der Waals surface area contributed by atoms with Gasteiger partial charge in [-0.25, -0.2) is 4.79 Å². The van der Waals surface area contributed by atoms with Crippen LogP contribution in [0.2, 0.25) is 0 Å². The second-order valence-electron chi connectivity index (χ2n) is 8.49. The van der Waals surface area contributed by atoms with Gasteiger partial charge in [0.15, 0.2) is 0 Å². The molecule has 2 saturated heterocycles. The van der Waals surface area contributed by atoms with E-state index in [0.717, 1.165) is 5.56 Å². The van der Waals surface area contributed by atoms with Crippen LogP contribution in [0.4, 0.5) is 4.79 Å². The number of benzene rings is 1. The van der Waals surface area contributed by atoms with Gasteiger partial charge in [-0.15, -0.1) is 12.4 Å². The van der Waals surface area contributed by atoms with Gasteiger partial charge >= 0.3 is 6.03 Å². The first-order valence-corrected chi connectivity index (χ1v) is 10.1. The van der Waals surface area contributed by atoms with Crippen LogP contribution in [-0.4, -0.2) is 75.9 Å². The molecule has 0 aromatic heterocycles. The van der Waals surface area contributed by atoms with E-state index in [1.807, 2.05) is 13.8 Å². The minimum absolute atomic E-state index is 0. The van der Waals surface area contributed by atoms with Crippen molar-refractivity contribution in [2.24, 2.45) is 11.7 Å². The lowest BCUT2D eigenvalue weighted by molar-refractivity contribution is -0.141. The number of aromatic hydroxyl groups is 1. The summed E-state index contributed by atoms with van der Waals surface area (Å²) in [5.74, 6) is 0.0762. The molecule has 2 aliphatic rings. The number of nitrogens with zero attached hydrogens (tertiary/aromatic N) is 3. The fourth-order valence-electron chi connectivity index (χ4n) is 4.29. The van der Waals surface area contributed by atoms with Gasteiger partial charge in [0.2, 0.25) is 5.91 Å². The molecule has 9 heteroatoms. The van der Waals surface area contributed by atoms with Gasteiger partial charge in [0.25, 0.3) is 5.91 Å². The van der Waals surface area contributed by atoms with Crippen LogP contribution in [0, 0.1) is 5.92 Å². The Morgan fingerprint density at radius 2 is 1.73 bits per heavy atom. The van der Waals surface area contributed by atoms with Gasteiger partial charge in [-0.3, -0.25) is 14.5 Å². The summed E-state index contributed by atoms with van der Waals surface area (Å²) in [6.07, 6.45) is 1.22. The number of likely N-dealkylation sites (tertiary alicyclic amines) is 1. The van der Waals surface area contributed by atoms with Crippen molar-refractivity contribution >= 4 is 30.3 Å². The molecule has 8 nitrogen and oxygen atoms in total. The van der Waals surface area contributed by atoms with Crippen molar-refractivity contribution in [3.05, 3.63) is 29.8 Å². The lowest BCUT2D eigenvalue weighted by atomic mass is 9.85. The van der Waals surface area contributed by atoms with E-state index >= 15 is 0 Å². The lowest BCUT2D eigenvalue weighted by Gasteiger charge is -2.43. The Morgan fingerprint density at radius 1 is 1.17 bits per heavy atom. The number of phenols is 1. The van der Waals surface area contributed by atoms with Crippen molar-refractivity contribution in [1.82, 2.24) is 14.7 Å². The van der Waals surface area contributed by atoms with Crippen LogP contribution in [0.1, 0.15) is 32.3 Å². The maximum absolute atomic E-state index is 12.9. The summed E-state index contributed by atoms with van der Waals surface area (Å²) in [5, 5.41) is 9.37. The third-order valence-electron chi connectivity index (χ3n) is 5.90. The fourth-order valence-corrected chi connectivity index (χ4v) is 4.29. The van der Waals surface area contributed by atoms with Gasteiger partial charge in [-0.05, 0) is 42.9 Å². The van der Waals surface area contributed by atoms with Crippen molar-refractivity contribution in [1.29, 1.82) is 0 Å². The predicted octanol–water partition coefficient (Wildman–Crippen LogP) is 1.60. The second kappa shape index (κ2) is 9.22. The molecule has 30 heavy (non-hydrogen) atoms. The van der Waals surface area contributed by atoms with Gasteiger partial charge in [-0.2, -0.15) is 0 Å². The monoisotopic (exact) mass is 438 g/mol. The highest BCUT2D eigenvalue weighted by atomic mass is 35.5. The zero-order chi connectivity index (χ0) is 21.3. The average Bonchev–Trinajstić information content (AvgIpc) is 2.86. The van der Waals surface area contributed by atoms with Gasteiger partial charge in [-0.1, -0.05) is 26.0 Å². The molecule has 0 saturated carbocycles.